The standard InChI is InChI=1S/C49H29N3/c1-3-9-37-32(7-1)26-50-28-45(37)35-23-34(24-36(25-35)46-29-51-27-33-8-2-4-10-38(33)46)39-18-14-30-17-21-44-41(19-15-31-16-20-43(39)48(30)49(31)44)40-11-5-13-47-42(40)12-6-22-52-47/h1-29H. The molecule has 0 aliphatic carbocycles. The fourth-order valence-corrected chi connectivity index (χ4v) is 8.41. The van der Waals surface area contributed by atoms with Crippen molar-refractivity contribution in [1.29, 1.82) is 0 Å². The van der Waals surface area contributed by atoms with Gasteiger partial charge in [-0.2, -0.15) is 0 Å². The molecule has 0 unspecified atom stereocenters. The van der Waals surface area contributed by atoms with E-state index in [0.29, 0.717) is 0 Å². The van der Waals surface area contributed by atoms with Crippen molar-refractivity contribution in [3.63, 3.8) is 0 Å². The number of fused-ring (bicyclic) bond motifs is 3. The molecule has 3 nitrogen and oxygen atoms in total. The fraction of sp³-hybridized carbons (Fsp3) is 0. The highest BCUT2D eigenvalue weighted by Gasteiger charge is 2.18. The summed E-state index contributed by atoms with van der Waals surface area (Å²) in [5.41, 5.74) is 10.3. The van der Waals surface area contributed by atoms with Crippen LogP contribution in [0, 0.1) is 0 Å². The molecule has 0 aliphatic heterocycles. The molecule has 11 rings (SSSR count). The molecular weight excluding hydrogens is 631 g/mol. The van der Waals surface area contributed by atoms with Gasteiger partial charge in [-0.15, -0.1) is 0 Å². The summed E-state index contributed by atoms with van der Waals surface area (Å²) in [6, 6.07) is 52.9. The normalized spacial score (nSPS) is 11.8. The van der Waals surface area contributed by atoms with E-state index in [9.17, 15) is 0 Å². The Balaban J connectivity index is 1.20. The van der Waals surface area contributed by atoms with Crippen LogP contribution in [-0.2, 0) is 0 Å². The first-order chi connectivity index (χ1) is 25.8. The Morgan fingerprint density at radius 3 is 1.48 bits per heavy atom. The van der Waals surface area contributed by atoms with E-state index in [1.54, 1.807) is 0 Å². The molecule has 0 bridgehead atoms. The van der Waals surface area contributed by atoms with Gasteiger partial charge in [0.2, 0.25) is 0 Å². The Kier molecular flexibility index (Phi) is 6.25. The molecule has 0 radical (unpaired) electrons. The monoisotopic (exact) mass is 659 g/mol. The van der Waals surface area contributed by atoms with Crippen LogP contribution < -0.4 is 0 Å². The van der Waals surface area contributed by atoms with Gasteiger partial charge in [-0.1, -0.05) is 115 Å². The summed E-state index contributed by atoms with van der Waals surface area (Å²) < 4.78 is 0. The third-order valence-electron chi connectivity index (χ3n) is 10.8. The van der Waals surface area contributed by atoms with Crippen LogP contribution in [0.15, 0.2) is 177 Å². The molecule has 240 valence electrons. The number of nitrogens with zero attached hydrogens (tertiary/aromatic N) is 3. The molecule has 11 aromatic rings. The summed E-state index contributed by atoms with van der Waals surface area (Å²) in [6.45, 7) is 0. The predicted molar refractivity (Wildman–Crippen MR) is 218 cm³/mol. The lowest BCUT2D eigenvalue weighted by molar-refractivity contribution is 1.36. The van der Waals surface area contributed by atoms with E-state index in [1.807, 2.05) is 37.1 Å². The number of hydrogen-bond acceptors (Lipinski definition) is 3. The van der Waals surface area contributed by atoms with Crippen LogP contribution >= 0.6 is 0 Å². The topological polar surface area (TPSA) is 38.7 Å². The Bertz CT molecular complexity index is 3080. The van der Waals surface area contributed by atoms with Gasteiger partial charge in [0.1, 0.15) is 0 Å². The van der Waals surface area contributed by atoms with Crippen molar-refractivity contribution in [2.75, 3.05) is 0 Å². The van der Waals surface area contributed by atoms with Gasteiger partial charge in [0.25, 0.3) is 0 Å². The van der Waals surface area contributed by atoms with Crippen molar-refractivity contribution >= 4 is 64.8 Å². The van der Waals surface area contributed by atoms with Crippen LogP contribution in [0.2, 0.25) is 0 Å². The predicted octanol–water partition coefficient (Wildman–Crippen LogP) is 12.9. The van der Waals surface area contributed by atoms with E-state index < -0.39 is 0 Å². The lowest BCUT2D eigenvalue weighted by atomic mass is 9.85. The lowest BCUT2D eigenvalue weighted by Crippen LogP contribution is -1.92. The average Bonchev–Trinajstić information content (AvgIpc) is 3.22. The van der Waals surface area contributed by atoms with Gasteiger partial charge >= 0.3 is 0 Å². The fourth-order valence-electron chi connectivity index (χ4n) is 8.41. The van der Waals surface area contributed by atoms with Gasteiger partial charge in [-0.05, 0) is 107 Å². The van der Waals surface area contributed by atoms with E-state index in [4.69, 9.17) is 0 Å². The Labute approximate surface area is 299 Å². The summed E-state index contributed by atoms with van der Waals surface area (Å²) in [5.74, 6) is 0. The second-order valence-corrected chi connectivity index (χ2v) is 13.6. The molecule has 0 amide bonds. The van der Waals surface area contributed by atoms with Crippen LogP contribution in [0.4, 0.5) is 0 Å². The molecule has 0 saturated heterocycles. The average molecular weight is 660 g/mol. The second kappa shape index (κ2) is 11.3. The number of hydrogen-bond donors (Lipinski definition) is 0. The molecule has 0 fully saturated rings. The van der Waals surface area contributed by atoms with Crippen molar-refractivity contribution in [1.82, 2.24) is 15.0 Å². The van der Waals surface area contributed by atoms with E-state index in [1.165, 1.54) is 59.8 Å². The lowest BCUT2D eigenvalue weighted by Gasteiger charge is -2.18. The minimum Gasteiger partial charge on any atom is -0.263 e. The van der Waals surface area contributed by atoms with Crippen LogP contribution in [0.3, 0.4) is 0 Å². The van der Waals surface area contributed by atoms with E-state index >= 15 is 0 Å². The molecule has 3 heterocycles. The number of benzene rings is 8. The van der Waals surface area contributed by atoms with Gasteiger partial charge in [0, 0.05) is 58.3 Å². The summed E-state index contributed by atoms with van der Waals surface area (Å²) in [6.07, 6.45) is 9.76. The molecule has 0 atom stereocenters. The second-order valence-electron chi connectivity index (χ2n) is 13.6. The van der Waals surface area contributed by atoms with E-state index in [2.05, 4.69) is 154 Å². The highest BCUT2D eigenvalue weighted by Crippen LogP contribution is 2.45. The van der Waals surface area contributed by atoms with Crippen LogP contribution in [0.5, 0.6) is 0 Å². The van der Waals surface area contributed by atoms with E-state index in [-0.39, 0.29) is 0 Å². The molecule has 0 spiro atoms. The van der Waals surface area contributed by atoms with Crippen LogP contribution in [0.1, 0.15) is 0 Å². The van der Waals surface area contributed by atoms with Crippen LogP contribution in [0.25, 0.3) is 109 Å². The third-order valence-corrected chi connectivity index (χ3v) is 10.8. The summed E-state index contributed by atoms with van der Waals surface area (Å²) in [5, 5.41) is 13.3. The van der Waals surface area contributed by atoms with E-state index in [0.717, 1.165) is 49.5 Å². The van der Waals surface area contributed by atoms with Gasteiger partial charge < -0.3 is 0 Å². The van der Waals surface area contributed by atoms with Crippen molar-refractivity contribution in [2.24, 2.45) is 0 Å². The first-order valence-corrected chi connectivity index (χ1v) is 17.6. The zero-order valence-corrected chi connectivity index (χ0v) is 28.1. The van der Waals surface area contributed by atoms with Crippen LogP contribution in [-0.4, -0.2) is 15.0 Å². The largest absolute Gasteiger partial charge is 0.263 e. The summed E-state index contributed by atoms with van der Waals surface area (Å²) >= 11 is 0. The molecule has 0 aliphatic rings. The first kappa shape index (κ1) is 28.8. The highest BCUT2D eigenvalue weighted by atomic mass is 14.6. The zero-order valence-electron chi connectivity index (χ0n) is 28.1. The van der Waals surface area contributed by atoms with Gasteiger partial charge in [0.05, 0.1) is 5.52 Å². The SMILES string of the molecule is c1ccc2c(-c3cc(-c4cncc5ccccc45)cc(-c4ccc5ccc6c(-c7cccc8ncccc78)ccc7ccc4c5c76)c3)cncc2c1. The molecular formula is C49H29N3. The van der Waals surface area contributed by atoms with Gasteiger partial charge in [0.15, 0.2) is 0 Å². The minimum atomic E-state index is 1.01. The molecule has 3 aromatic heterocycles. The molecule has 52 heavy (non-hydrogen) atoms. The highest BCUT2D eigenvalue weighted by molar-refractivity contribution is 6.28. The smallest absolute Gasteiger partial charge is 0.0708 e. The molecule has 0 saturated carbocycles. The number of aromatic nitrogens is 3. The quantitative estimate of drug-likeness (QED) is 0.177. The zero-order chi connectivity index (χ0) is 34.2. The Morgan fingerprint density at radius 1 is 0.308 bits per heavy atom. The maximum absolute atomic E-state index is 4.69. The summed E-state index contributed by atoms with van der Waals surface area (Å²) in [4.78, 5) is 14.0. The molecule has 3 heteroatoms. The van der Waals surface area contributed by atoms with Crippen molar-refractivity contribution in [3.8, 4) is 44.5 Å². The maximum atomic E-state index is 4.69. The van der Waals surface area contributed by atoms with Crippen molar-refractivity contribution < 1.29 is 0 Å². The Hall–Kier alpha value is -6.97. The number of pyridine rings is 3. The molecule has 0 N–H and O–H groups in total. The minimum absolute atomic E-state index is 1.01. The number of rotatable bonds is 4. The molecule has 8 aromatic carbocycles. The van der Waals surface area contributed by atoms with Gasteiger partial charge in [-0.25, -0.2) is 0 Å². The van der Waals surface area contributed by atoms with Crippen molar-refractivity contribution in [3.05, 3.63) is 177 Å². The third kappa shape index (κ3) is 4.36. The first-order valence-electron chi connectivity index (χ1n) is 17.6. The Morgan fingerprint density at radius 2 is 0.827 bits per heavy atom. The van der Waals surface area contributed by atoms with Crippen molar-refractivity contribution in [2.45, 2.75) is 0 Å². The maximum Gasteiger partial charge on any atom is 0.0708 e. The summed E-state index contributed by atoms with van der Waals surface area (Å²) in [7, 11) is 0. The van der Waals surface area contributed by atoms with Gasteiger partial charge in [-0.3, -0.25) is 15.0 Å².